The number of carbonyl (C=O) groups is 3. The molecule has 0 saturated heterocycles. The first-order valence-electron chi connectivity index (χ1n) is 11.8. The number of hydrogen-bond acceptors (Lipinski definition) is 6. The molecule has 4 atom stereocenters. The van der Waals surface area contributed by atoms with Crippen LogP contribution in [0.1, 0.15) is 79.1 Å². The van der Waals surface area contributed by atoms with Gasteiger partial charge in [0, 0.05) is 18.9 Å². The van der Waals surface area contributed by atoms with Gasteiger partial charge in [-0.25, -0.2) is 0 Å². The Bertz CT molecular complexity index is 526. The third-order valence-electron chi connectivity index (χ3n) is 5.49. The monoisotopic (exact) mass is 442 g/mol. The van der Waals surface area contributed by atoms with Gasteiger partial charge in [-0.15, -0.1) is 0 Å². The van der Waals surface area contributed by atoms with Crippen LogP contribution < -0.4 is 21.7 Å². The second kappa shape index (κ2) is 17.1. The van der Waals surface area contributed by atoms with Gasteiger partial charge in [-0.3, -0.25) is 14.4 Å². The van der Waals surface area contributed by atoms with Gasteiger partial charge >= 0.3 is 0 Å². The number of nitrogens with two attached hydrogens (primary N) is 1. The van der Waals surface area contributed by atoms with Gasteiger partial charge in [0.2, 0.25) is 11.8 Å². The van der Waals surface area contributed by atoms with Crippen LogP contribution in [-0.4, -0.2) is 61.0 Å². The Hall–Kier alpha value is -1.51. The Kier molecular flexibility index (Phi) is 16.3. The number of hydrogen-bond donors (Lipinski definition) is 5. The largest absolute Gasteiger partial charge is 0.391 e. The Morgan fingerprint density at radius 2 is 1.58 bits per heavy atom. The lowest BCUT2D eigenvalue weighted by molar-refractivity contribution is -0.134. The zero-order valence-electron chi connectivity index (χ0n) is 20.2. The van der Waals surface area contributed by atoms with Gasteiger partial charge in [0.15, 0.2) is 5.78 Å². The van der Waals surface area contributed by atoms with Gasteiger partial charge in [0.1, 0.15) is 12.1 Å². The van der Waals surface area contributed by atoms with Gasteiger partial charge < -0.3 is 26.8 Å². The van der Waals surface area contributed by atoms with Crippen molar-refractivity contribution in [2.75, 3.05) is 20.1 Å². The average Bonchev–Trinajstić information content (AvgIpc) is 2.72. The van der Waals surface area contributed by atoms with E-state index in [0.717, 1.165) is 19.3 Å². The van der Waals surface area contributed by atoms with E-state index in [-0.39, 0.29) is 36.5 Å². The zero-order valence-corrected chi connectivity index (χ0v) is 20.2. The van der Waals surface area contributed by atoms with Crippen molar-refractivity contribution in [3.63, 3.8) is 0 Å². The first-order chi connectivity index (χ1) is 14.7. The van der Waals surface area contributed by atoms with Crippen molar-refractivity contribution in [3.8, 4) is 0 Å². The summed E-state index contributed by atoms with van der Waals surface area (Å²) in [5, 5.41) is 18.2. The molecule has 6 N–H and O–H groups in total. The van der Waals surface area contributed by atoms with E-state index in [4.69, 9.17) is 5.73 Å². The van der Waals surface area contributed by atoms with Crippen molar-refractivity contribution in [3.05, 3.63) is 0 Å². The molecule has 8 heteroatoms. The number of Topliss-reactive ketones (excluding diaryl/α,β-unsaturated/α-hetero) is 1. The fourth-order valence-electron chi connectivity index (χ4n) is 3.51. The van der Waals surface area contributed by atoms with E-state index in [1.165, 1.54) is 32.6 Å². The van der Waals surface area contributed by atoms with Crippen LogP contribution in [0.2, 0.25) is 0 Å². The Labute approximate surface area is 188 Å². The Balaban J connectivity index is 4.75. The molecule has 1 unspecified atom stereocenters. The molecular weight excluding hydrogens is 396 g/mol. The molecule has 0 fully saturated rings. The van der Waals surface area contributed by atoms with Gasteiger partial charge in [-0.05, 0) is 32.9 Å². The van der Waals surface area contributed by atoms with E-state index in [0.29, 0.717) is 6.54 Å². The summed E-state index contributed by atoms with van der Waals surface area (Å²) in [6.07, 6.45) is 7.06. The van der Waals surface area contributed by atoms with Crippen LogP contribution in [0.5, 0.6) is 0 Å². The van der Waals surface area contributed by atoms with Crippen LogP contribution in [0.15, 0.2) is 0 Å². The second-order valence-electron chi connectivity index (χ2n) is 8.82. The van der Waals surface area contributed by atoms with Crippen LogP contribution in [-0.2, 0) is 14.4 Å². The molecule has 0 aliphatic carbocycles. The number of ketones is 1. The van der Waals surface area contributed by atoms with Crippen molar-refractivity contribution in [2.24, 2.45) is 17.6 Å². The van der Waals surface area contributed by atoms with E-state index in [1.54, 1.807) is 20.9 Å². The minimum Gasteiger partial charge on any atom is -0.391 e. The summed E-state index contributed by atoms with van der Waals surface area (Å²) in [5.74, 6) is -1.20. The predicted octanol–water partition coefficient (Wildman–Crippen LogP) is 1.50. The fourth-order valence-corrected chi connectivity index (χ4v) is 3.51. The minimum absolute atomic E-state index is 0.0449. The molecule has 0 saturated carbocycles. The van der Waals surface area contributed by atoms with Gasteiger partial charge in [0.25, 0.3) is 0 Å². The van der Waals surface area contributed by atoms with Crippen molar-refractivity contribution in [2.45, 2.75) is 97.2 Å². The number of unbranched alkanes of at least 4 members (excludes halogenated alkanes) is 5. The summed E-state index contributed by atoms with van der Waals surface area (Å²) >= 11 is 0. The first kappa shape index (κ1) is 29.5. The molecule has 182 valence electrons. The molecule has 2 amide bonds. The van der Waals surface area contributed by atoms with Crippen molar-refractivity contribution in [1.82, 2.24) is 16.0 Å². The average molecular weight is 443 g/mol. The predicted molar refractivity (Wildman–Crippen MR) is 124 cm³/mol. The van der Waals surface area contributed by atoms with E-state index in [9.17, 15) is 19.5 Å². The summed E-state index contributed by atoms with van der Waals surface area (Å²) in [5.41, 5.74) is 5.84. The summed E-state index contributed by atoms with van der Waals surface area (Å²) in [6, 6.07) is -1.85. The number of nitrogens with one attached hydrogen (secondary N) is 3. The molecule has 31 heavy (non-hydrogen) atoms. The number of aliphatic hydroxyl groups excluding tert-OH is 1. The van der Waals surface area contributed by atoms with E-state index in [1.807, 2.05) is 0 Å². The first-order valence-corrected chi connectivity index (χ1v) is 11.8. The van der Waals surface area contributed by atoms with Gasteiger partial charge in [0.05, 0.1) is 6.10 Å². The number of rotatable bonds is 18. The van der Waals surface area contributed by atoms with Crippen LogP contribution in [0.3, 0.4) is 0 Å². The van der Waals surface area contributed by atoms with Crippen LogP contribution in [0, 0.1) is 11.8 Å². The lowest BCUT2D eigenvalue weighted by Crippen LogP contribution is -2.58. The molecule has 0 aromatic heterocycles. The maximum absolute atomic E-state index is 12.7. The quantitative estimate of drug-likeness (QED) is 0.204. The molecule has 0 bridgehead atoms. The van der Waals surface area contributed by atoms with Crippen LogP contribution in [0.25, 0.3) is 0 Å². The molecule has 0 aromatic carbocycles. The third kappa shape index (κ3) is 12.8. The molecule has 0 rings (SSSR count). The number of aliphatic hydroxyl groups is 1. The highest BCUT2D eigenvalue weighted by Crippen LogP contribution is 2.15. The molecule has 0 aliphatic heterocycles. The van der Waals surface area contributed by atoms with E-state index >= 15 is 0 Å². The van der Waals surface area contributed by atoms with Crippen molar-refractivity contribution < 1.29 is 19.5 Å². The standard InChI is InChI=1S/C23H46N4O4/c1-6-7-8-9-10-11-12-18(14-24)13-20(29)27-21(17(4)28)23(31)26-19(15-25-5)22(30)16(2)3/h16-19,21,25,28H,6-15,24H2,1-5H3,(H,26,31)(H,27,29)/t17-,18?,19-,21-/m0/s1. The summed E-state index contributed by atoms with van der Waals surface area (Å²) in [7, 11) is 1.69. The highest BCUT2D eigenvalue weighted by molar-refractivity contribution is 5.93. The smallest absolute Gasteiger partial charge is 0.245 e. The maximum Gasteiger partial charge on any atom is 0.245 e. The summed E-state index contributed by atoms with van der Waals surface area (Å²) in [6.45, 7) is 7.84. The number of amides is 2. The van der Waals surface area contributed by atoms with E-state index < -0.39 is 24.1 Å². The Morgan fingerprint density at radius 3 is 2.10 bits per heavy atom. The lowest BCUT2D eigenvalue weighted by Gasteiger charge is -2.26. The van der Waals surface area contributed by atoms with Gasteiger partial charge in [-0.2, -0.15) is 0 Å². The highest BCUT2D eigenvalue weighted by atomic mass is 16.3. The highest BCUT2D eigenvalue weighted by Gasteiger charge is 2.30. The molecule has 0 aliphatic rings. The second-order valence-corrected chi connectivity index (χ2v) is 8.82. The lowest BCUT2D eigenvalue weighted by atomic mass is 9.96. The minimum atomic E-state index is -1.13. The molecule has 0 aromatic rings. The number of likely N-dealkylation sites (N-methyl/N-ethyl adjacent to an activating group) is 1. The summed E-state index contributed by atoms with van der Waals surface area (Å²) in [4.78, 5) is 37.5. The molecule has 8 nitrogen and oxygen atoms in total. The molecule has 0 spiro atoms. The topological polar surface area (TPSA) is 134 Å². The molecular formula is C23H46N4O4. The Morgan fingerprint density at radius 1 is 0.968 bits per heavy atom. The maximum atomic E-state index is 12.7. The summed E-state index contributed by atoms with van der Waals surface area (Å²) < 4.78 is 0. The fraction of sp³-hybridized carbons (Fsp3) is 0.870. The normalized spacial score (nSPS) is 15.2. The van der Waals surface area contributed by atoms with Crippen molar-refractivity contribution in [1.29, 1.82) is 0 Å². The molecule has 0 heterocycles. The van der Waals surface area contributed by atoms with Crippen molar-refractivity contribution >= 4 is 17.6 Å². The zero-order chi connectivity index (χ0) is 23.8. The SMILES string of the molecule is CCCCCCCCC(CN)CC(=O)N[C@H](C(=O)N[C@@H](CNC)C(=O)C(C)C)[C@H](C)O. The third-order valence-corrected chi connectivity index (χ3v) is 5.49. The van der Waals surface area contributed by atoms with Crippen LogP contribution >= 0.6 is 0 Å². The molecule has 0 radical (unpaired) electrons. The van der Waals surface area contributed by atoms with Crippen LogP contribution in [0.4, 0.5) is 0 Å². The van der Waals surface area contributed by atoms with E-state index in [2.05, 4.69) is 22.9 Å². The van der Waals surface area contributed by atoms with Gasteiger partial charge in [-0.1, -0.05) is 59.3 Å². The number of carbonyl (C=O) groups excluding carboxylic acids is 3.